The molecule has 274 valence electrons. The number of carbonyl (C=O) groups is 4. The Kier molecular flexibility index (Phi) is 15.9. The molecule has 10 heteroatoms. The standard InChI is InChI=1S/C42H45BrO9/c1-4-6-8-10-26-48-38-25-20-34(28-37(38)43)30-12-14-31(15-13-30)41(46)51-36-23-18-33(19-24-36)42(47)52-35-21-16-32(17-22-35)40(45)50-29(3)39(44)49-27-11-9-7-5-2/h12-25,28-29H,4-11,26-27H2,1-3H3. The average molecular weight is 774 g/mol. The van der Waals surface area contributed by atoms with Crippen molar-refractivity contribution in [2.45, 2.75) is 78.2 Å². The molecule has 4 aromatic rings. The topological polar surface area (TPSA) is 114 Å². The van der Waals surface area contributed by atoms with Crippen LogP contribution in [0, 0.1) is 0 Å². The van der Waals surface area contributed by atoms with Gasteiger partial charge in [0.1, 0.15) is 17.2 Å². The number of hydrogen-bond donors (Lipinski definition) is 0. The summed E-state index contributed by atoms with van der Waals surface area (Å²) in [7, 11) is 0. The maximum atomic E-state index is 12.8. The fourth-order valence-electron chi connectivity index (χ4n) is 5.05. The van der Waals surface area contributed by atoms with Crippen molar-refractivity contribution in [2.24, 2.45) is 0 Å². The van der Waals surface area contributed by atoms with Gasteiger partial charge in [-0.1, -0.05) is 70.6 Å². The summed E-state index contributed by atoms with van der Waals surface area (Å²) in [6.07, 6.45) is 7.40. The fourth-order valence-corrected chi connectivity index (χ4v) is 5.55. The molecule has 0 heterocycles. The SMILES string of the molecule is CCCCCCOC(=O)C(C)OC(=O)c1ccc(OC(=O)c2ccc(OC(=O)c3ccc(-c4ccc(OCCCCCC)c(Br)c4)cc3)cc2)cc1. The van der Waals surface area contributed by atoms with Gasteiger partial charge in [0, 0.05) is 0 Å². The number of halogens is 1. The maximum absolute atomic E-state index is 12.8. The van der Waals surface area contributed by atoms with Gasteiger partial charge in [0.2, 0.25) is 0 Å². The Morgan fingerprint density at radius 1 is 0.577 bits per heavy atom. The van der Waals surface area contributed by atoms with Crippen LogP contribution in [0.2, 0.25) is 0 Å². The van der Waals surface area contributed by atoms with E-state index >= 15 is 0 Å². The van der Waals surface area contributed by atoms with Crippen molar-refractivity contribution in [3.63, 3.8) is 0 Å². The fraction of sp³-hybridized carbons (Fsp3) is 0.333. The third kappa shape index (κ3) is 12.4. The Labute approximate surface area is 313 Å². The average Bonchev–Trinajstić information content (AvgIpc) is 3.15. The molecule has 0 saturated carbocycles. The second-order valence-electron chi connectivity index (χ2n) is 12.2. The molecule has 4 aromatic carbocycles. The minimum absolute atomic E-state index is 0.184. The Morgan fingerprint density at radius 2 is 1.06 bits per heavy atom. The Balaban J connectivity index is 1.24. The molecule has 0 aliphatic heterocycles. The van der Waals surface area contributed by atoms with E-state index in [4.69, 9.17) is 23.7 Å². The van der Waals surface area contributed by atoms with E-state index in [0.717, 1.165) is 59.9 Å². The van der Waals surface area contributed by atoms with Crippen LogP contribution in [-0.4, -0.2) is 43.2 Å². The number of hydrogen-bond acceptors (Lipinski definition) is 9. The van der Waals surface area contributed by atoms with Crippen molar-refractivity contribution in [3.05, 3.63) is 112 Å². The van der Waals surface area contributed by atoms with Crippen molar-refractivity contribution in [3.8, 4) is 28.4 Å². The molecule has 0 spiro atoms. The highest BCUT2D eigenvalue weighted by molar-refractivity contribution is 9.10. The van der Waals surface area contributed by atoms with Gasteiger partial charge in [-0.05, 0) is 120 Å². The molecule has 9 nitrogen and oxygen atoms in total. The van der Waals surface area contributed by atoms with Crippen LogP contribution in [0.3, 0.4) is 0 Å². The smallest absolute Gasteiger partial charge is 0.347 e. The number of ether oxygens (including phenoxy) is 5. The molecular formula is C42H45BrO9. The summed E-state index contributed by atoms with van der Waals surface area (Å²) in [5.74, 6) is -1.22. The number of rotatable bonds is 19. The van der Waals surface area contributed by atoms with E-state index in [2.05, 4.69) is 29.8 Å². The Hall–Kier alpha value is -4.96. The third-order valence-electron chi connectivity index (χ3n) is 8.10. The number of esters is 4. The zero-order valence-electron chi connectivity index (χ0n) is 29.9. The lowest BCUT2D eigenvalue weighted by molar-refractivity contribution is -0.153. The van der Waals surface area contributed by atoms with Gasteiger partial charge in [-0.2, -0.15) is 0 Å². The van der Waals surface area contributed by atoms with E-state index in [9.17, 15) is 19.2 Å². The van der Waals surface area contributed by atoms with Crippen molar-refractivity contribution in [2.75, 3.05) is 13.2 Å². The van der Waals surface area contributed by atoms with Gasteiger partial charge in [0.05, 0.1) is 34.4 Å². The molecule has 0 N–H and O–H groups in total. The molecule has 0 aliphatic rings. The molecule has 4 rings (SSSR count). The Morgan fingerprint density at radius 3 is 1.58 bits per heavy atom. The molecule has 0 aliphatic carbocycles. The lowest BCUT2D eigenvalue weighted by atomic mass is 10.0. The van der Waals surface area contributed by atoms with Crippen LogP contribution in [0.5, 0.6) is 17.2 Å². The summed E-state index contributed by atoms with van der Waals surface area (Å²) in [5, 5.41) is 0. The maximum Gasteiger partial charge on any atom is 0.347 e. The van der Waals surface area contributed by atoms with E-state index in [1.807, 2.05) is 30.3 Å². The number of benzene rings is 4. The zero-order chi connectivity index (χ0) is 37.3. The second-order valence-corrected chi connectivity index (χ2v) is 13.1. The number of unbranched alkanes of at least 4 members (excludes halogenated alkanes) is 6. The highest BCUT2D eigenvalue weighted by Crippen LogP contribution is 2.31. The molecule has 0 radical (unpaired) electrons. The van der Waals surface area contributed by atoms with Gasteiger partial charge < -0.3 is 23.7 Å². The molecule has 1 unspecified atom stereocenters. The predicted octanol–water partition coefficient (Wildman–Crippen LogP) is 10.2. The van der Waals surface area contributed by atoms with E-state index in [1.54, 1.807) is 12.1 Å². The molecule has 0 bridgehead atoms. The minimum Gasteiger partial charge on any atom is -0.492 e. The van der Waals surface area contributed by atoms with E-state index in [-0.39, 0.29) is 29.2 Å². The van der Waals surface area contributed by atoms with Crippen molar-refractivity contribution in [1.82, 2.24) is 0 Å². The van der Waals surface area contributed by atoms with Crippen LogP contribution >= 0.6 is 15.9 Å². The molecular weight excluding hydrogens is 728 g/mol. The summed E-state index contributed by atoms with van der Waals surface area (Å²) in [4.78, 5) is 50.2. The van der Waals surface area contributed by atoms with Crippen LogP contribution < -0.4 is 14.2 Å². The van der Waals surface area contributed by atoms with Crippen molar-refractivity contribution >= 4 is 39.8 Å². The summed E-state index contributed by atoms with van der Waals surface area (Å²) in [6.45, 7) is 6.70. The zero-order valence-corrected chi connectivity index (χ0v) is 31.4. The molecule has 0 amide bonds. The summed E-state index contributed by atoms with van der Waals surface area (Å²) in [6, 6.07) is 24.8. The van der Waals surface area contributed by atoms with Crippen LogP contribution in [0.4, 0.5) is 0 Å². The van der Waals surface area contributed by atoms with Gasteiger partial charge in [-0.3, -0.25) is 0 Å². The summed E-state index contributed by atoms with van der Waals surface area (Å²) in [5.41, 5.74) is 2.70. The molecule has 52 heavy (non-hydrogen) atoms. The molecule has 0 fully saturated rings. The normalized spacial score (nSPS) is 11.3. The van der Waals surface area contributed by atoms with Gasteiger partial charge in [-0.25, -0.2) is 19.2 Å². The summed E-state index contributed by atoms with van der Waals surface area (Å²) < 4.78 is 28.1. The first-order valence-corrected chi connectivity index (χ1v) is 18.5. The number of carbonyl (C=O) groups excluding carboxylic acids is 4. The van der Waals surface area contributed by atoms with Crippen molar-refractivity contribution < 1.29 is 42.9 Å². The van der Waals surface area contributed by atoms with Crippen LogP contribution in [0.25, 0.3) is 11.1 Å². The molecule has 1 atom stereocenters. The van der Waals surface area contributed by atoms with E-state index < -0.39 is 30.0 Å². The Bertz CT molecular complexity index is 1770. The van der Waals surface area contributed by atoms with Gasteiger partial charge in [0.15, 0.2) is 6.10 Å². The highest BCUT2D eigenvalue weighted by atomic mass is 79.9. The first kappa shape index (κ1) is 39.8. The van der Waals surface area contributed by atoms with Gasteiger partial charge in [-0.15, -0.1) is 0 Å². The van der Waals surface area contributed by atoms with E-state index in [1.165, 1.54) is 68.3 Å². The second kappa shape index (κ2) is 20.8. The largest absolute Gasteiger partial charge is 0.492 e. The third-order valence-corrected chi connectivity index (χ3v) is 8.72. The van der Waals surface area contributed by atoms with Gasteiger partial charge >= 0.3 is 23.9 Å². The minimum atomic E-state index is -1.05. The van der Waals surface area contributed by atoms with Crippen molar-refractivity contribution in [1.29, 1.82) is 0 Å². The first-order chi connectivity index (χ1) is 25.2. The van der Waals surface area contributed by atoms with E-state index in [0.29, 0.717) is 12.2 Å². The molecule has 0 saturated heterocycles. The molecule has 0 aromatic heterocycles. The quantitative estimate of drug-likeness (QED) is 0.0522. The van der Waals surface area contributed by atoms with Crippen LogP contribution in [0.1, 0.15) is 103 Å². The summed E-state index contributed by atoms with van der Waals surface area (Å²) >= 11 is 3.60. The lowest BCUT2D eigenvalue weighted by Crippen LogP contribution is -2.26. The van der Waals surface area contributed by atoms with Crippen LogP contribution in [0.15, 0.2) is 95.5 Å². The first-order valence-electron chi connectivity index (χ1n) is 17.7. The van der Waals surface area contributed by atoms with Gasteiger partial charge in [0.25, 0.3) is 0 Å². The lowest BCUT2D eigenvalue weighted by Gasteiger charge is -2.13. The highest BCUT2D eigenvalue weighted by Gasteiger charge is 2.21. The predicted molar refractivity (Wildman–Crippen MR) is 202 cm³/mol. The monoisotopic (exact) mass is 772 g/mol. The van der Waals surface area contributed by atoms with Crippen LogP contribution in [-0.2, 0) is 14.3 Å².